The molecule has 6 aromatic rings. The van der Waals surface area contributed by atoms with Crippen molar-refractivity contribution in [2.24, 2.45) is 5.73 Å². The van der Waals surface area contributed by atoms with Crippen LogP contribution in [0, 0.1) is 0 Å². The number of fused-ring (bicyclic) bond motifs is 4. The molecule has 0 fully saturated rings. The molecule has 48 heavy (non-hydrogen) atoms. The fourth-order valence-corrected chi connectivity index (χ4v) is 6.50. The Hall–Kier alpha value is -5.72. The molecule has 0 heterocycles. The zero-order valence-corrected chi connectivity index (χ0v) is 26.7. The Morgan fingerprint density at radius 2 is 1.48 bits per heavy atom. The van der Waals surface area contributed by atoms with Crippen LogP contribution in [0.25, 0.3) is 21.9 Å². The number of hydrogen-bond acceptors (Lipinski definition) is 4. The van der Waals surface area contributed by atoms with Crippen LogP contribution in [0.1, 0.15) is 40.7 Å². The van der Waals surface area contributed by atoms with Crippen LogP contribution < -0.4 is 20.7 Å². The van der Waals surface area contributed by atoms with E-state index in [1.54, 1.807) is 4.90 Å². The number of carbonyl (C=O) groups is 2. The van der Waals surface area contributed by atoms with Crippen molar-refractivity contribution in [3.63, 3.8) is 0 Å². The predicted octanol–water partition coefficient (Wildman–Crippen LogP) is 8.29. The van der Waals surface area contributed by atoms with Gasteiger partial charge in [-0.15, -0.1) is 0 Å². The van der Waals surface area contributed by atoms with Gasteiger partial charge in [-0.1, -0.05) is 109 Å². The summed E-state index contributed by atoms with van der Waals surface area (Å²) in [7, 11) is 0. The summed E-state index contributed by atoms with van der Waals surface area (Å²) in [5.41, 5.74) is 14.6. The maximum atomic E-state index is 14.1. The fraction of sp³-hybridized carbons (Fsp3) is 0.143. The highest BCUT2D eigenvalue weighted by Crippen LogP contribution is 2.38. The van der Waals surface area contributed by atoms with E-state index in [1.807, 2.05) is 72.8 Å². The van der Waals surface area contributed by atoms with Gasteiger partial charge in [-0.2, -0.15) is 0 Å². The van der Waals surface area contributed by atoms with Gasteiger partial charge in [-0.3, -0.25) is 9.59 Å². The highest BCUT2D eigenvalue weighted by atomic mass is 16.5. The van der Waals surface area contributed by atoms with E-state index in [1.165, 1.54) is 22.3 Å². The normalized spacial score (nSPS) is 11.5. The summed E-state index contributed by atoms with van der Waals surface area (Å²) in [6.45, 7) is 1.13. The number of nitrogens with two attached hydrogens (primary N) is 1. The van der Waals surface area contributed by atoms with Gasteiger partial charge in [0, 0.05) is 25.9 Å². The standard InChI is InChI=1S/C42H37N3O3/c43-26-29-9-7-14-35(24-29)48-40-18-6-5-17-39(40)45(28-30-19-20-38-34(23-30)25-32-11-2-4-16-37(32)38)42(47)22-21-41(46)44-27-33-13-8-12-31-10-1-3-15-36(31)33/h1-20,23-24H,21-22,25-28,43H2,(H,44,46). The molecule has 0 radical (unpaired) electrons. The number of nitrogens with zero attached hydrogens (tertiary/aromatic N) is 1. The number of anilines is 1. The van der Waals surface area contributed by atoms with Crippen LogP contribution in [0.2, 0.25) is 0 Å². The molecule has 0 atom stereocenters. The lowest BCUT2D eigenvalue weighted by atomic mass is 10.0. The molecule has 0 aliphatic heterocycles. The molecule has 0 aromatic heterocycles. The first-order valence-corrected chi connectivity index (χ1v) is 16.4. The molecule has 1 aliphatic rings. The summed E-state index contributed by atoms with van der Waals surface area (Å²) in [6.07, 6.45) is 0.983. The Kier molecular flexibility index (Phi) is 8.99. The molecule has 238 valence electrons. The molecule has 0 bridgehead atoms. The molecule has 0 saturated carbocycles. The molecule has 1 aliphatic carbocycles. The second kappa shape index (κ2) is 14.0. The highest BCUT2D eigenvalue weighted by Gasteiger charge is 2.23. The lowest BCUT2D eigenvalue weighted by Crippen LogP contribution is -2.32. The van der Waals surface area contributed by atoms with Crippen molar-refractivity contribution in [3.05, 3.63) is 161 Å². The highest BCUT2D eigenvalue weighted by molar-refractivity contribution is 5.97. The van der Waals surface area contributed by atoms with Crippen molar-refractivity contribution in [1.29, 1.82) is 0 Å². The summed E-state index contributed by atoms with van der Waals surface area (Å²) in [5, 5.41) is 5.25. The van der Waals surface area contributed by atoms with E-state index in [-0.39, 0.29) is 24.7 Å². The summed E-state index contributed by atoms with van der Waals surface area (Å²) < 4.78 is 6.36. The van der Waals surface area contributed by atoms with Gasteiger partial charge >= 0.3 is 0 Å². The van der Waals surface area contributed by atoms with Crippen LogP contribution >= 0.6 is 0 Å². The lowest BCUT2D eigenvalue weighted by Gasteiger charge is -2.26. The zero-order chi connectivity index (χ0) is 32.9. The Morgan fingerprint density at radius 1 is 0.708 bits per heavy atom. The molecule has 0 spiro atoms. The van der Waals surface area contributed by atoms with Gasteiger partial charge in [-0.25, -0.2) is 0 Å². The summed E-state index contributed by atoms with van der Waals surface area (Å²) >= 11 is 0. The molecular weight excluding hydrogens is 594 g/mol. The topological polar surface area (TPSA) is 84.7 Å². The van der Waals surface area contributed by atoms with E-state index in [4.69, 9.17) is 10.5 Å². The Balaban J connectivity index is 1.12. The Labute approximate surface area is 280 Å². The van der Waals surface area contributed by atoms with Gasteiger partial charge in [-0.05, 0) is 80.4 Å². The quantitative estimate of drug-likeness (QED) is 0.150. The number of rotatable bonds is 11. The van der Waals surface area contributed by atoms with Crippen LogP contribution in [0.5, 0.6) is 11.5 Å². The number of carbonyl (C=O) groups excluding carboxylic acids is 2. The summed E-state index contributed by atoms with van der Waals surface area (Å²) in [4.78, 5) is 28.9. The lowest BCUT2D eigenvalue weighted by molar-refractivity contribution is -0.125. The van der Waals surface area contributed by atoms with Crippen LogP contribution in [0.4, 0.5) is 5.69 Å². The second-order valence-electron chi connectivity index (χ2n) is 12.1. The molecule has 0 unspecified atom stereocenters. The number of ether oxygens (including phenoxy) is 1. The maximum Gasteiger partial charge on any atom is 0.227 e. The van der Waals surface area contributed by atoms with E-state index in [0.717, 1.165) is 33.9 Å². The van der Waals surface area contributed by atoms with Gasteiger partial charge in [0.15, 0.2) is 5.75 Å². The summed E-state index contributed by atoms with van der Waals surface area (Å²) in [6, 6.07) is 44.3. The van der Waals surface area contributed by atoms with Crippen molar-refractivity contribution in [2.45, 2.75) is 38.9 Å². The molecule has 2 amide bonds. The summed E-state index contributed by atoms with van der Waals surface area (Å²) in [5.74, 6) is 0.857. The van der Waals surface area contributed by atoms with Crippen molar-refractivity contribution < 1.29 is 14.3 Å². The minimum absolute atomic E-state index is 0.0503. The van der Waals surface area contributed by atoms with Gasteiger partial charge < -0.3 is 20.7 Å². The molecule has 0 saturated heterocycles. The van der Waals surface area contributed by atoms with E-state index >= 15 is 0 Å². The largest absolute Gasteiger partial charge is 0.455 e. The molecule has 6 nitrogen and oxygen atoms in total. The average molecular weight is 632 g/mol. The Morgan fingerprint density at radius 3 is 2.40 bits per heavy atom. The average Bonchev–Trinajstić information content (AvgIpc) is 3.50. The van der Waals surface area contributed by atoms with Crippen LogP contribution in [0.3, 0.4) is 0 Å². The molecule has 3 N–H and O–H groups in total. The van der Waals surface area contributed by atoms with Crippen molar-refractivity contribution >= 4 is 28.3 Å². The predicted molar refractivity (Wildman–Crippen MR) is 192 cm³/mol. The first-order chi connectivity index (χ1) is 23.6. The molecular formula is C42H37N3O3. The second-order valence-corrected chi connectivity index (χ2v) is 12.1. The molecule has 6 heteroatoms. The van der Waals surface area contributed by atoms with E-state index in [9.17, 15) is 9.59 Å². The van der Waals surface area contributed by atoms with Gasteiger partial charge in [0.25, 0.3) is 0 Å². The van der Waals surface area contributed by atoms with Gasteiger partial charge in [0.2, 0.25) is 11.8 Å². The van der Waals surface area contributed by atoms with Crippen molar-refractivity contribution in [1.82, 2.24) is 5.32 Å². The number of nitrogens with one attached hydrogen (secondary N) is 1. The number of para-hydroxylation sites is 2. The van der Waals surface area contributed by atoms with Gasteiger partial charge in [0.1, 0.15) is 5.75 Å². The van der Waals surface area contributed by atoms with E-state index in [0.29, 0.717) is 36.8 Å². The third kappa shape index (κ3) is 6.70. The third-order valence-electron chi connectivity index (χ3n) is 8.94. The maximum absolute atomic E-state index is 14.1. The smallest absolute Gasteiger partial charge is 0.227 e. The third-order valence-corrected chi connectivity index (χ3v) is 8.94. The van der Waals surface area contributed by atoms with Crippen LogP contribution in [-0.4, -0.2) is 11.8 Å². The van der Waals surface area contributed by atoms with Crippen LogP contribution in [0.15, 0.2) is 133 Å². The SMILES string of the molecule is NCc1cccc(Oc2ccccc2N(Cc2ccc3c(c2)Cc2ccccc2-3)C(=O)CCC(=O)NCc2cccc3ccccc23)c1. The first kappa shape index (κ1) is 30.9. The molecule has 7 rings (SSSR count). The zero-order valence-electron chi connectivity index (χ0n) is 26.7. The van der Waals surface area contributed by atoms with Crippen molar-refractivity contribution in [2.75, 3.05) is 4.90 Å². The van der Waals surface area contributed by atoms with Gasteiger partial charge in [0.05, 0.1) is 12.2 Å². The molecule has 6 aromatic carbocycles. The van der Waals surface area contributed by atoms with E-state index < -0.39 is 0 Å². The Bertz CT molecular complexity index is 2120. The number of amides is 2. The minimum atomic E-state index is -0.172. The van der Waals surface area contributed by atoms with Crippen molar-refractivity contribution in [3.8, 4) is 22.6 Å². The first-order valence-electron chi connectivity index (χ1n) is 16.4. The minimum Gasteiger partial charge on any atom is -0.455 e. The van der Waals surface area contributed by atoms with E-state index in [2.05, 4.69) is 66.0 Å². The monoisotopic (exact) mass is 631 g/mol. The fourth-order valence-electron chi connectivity index (χ4n) is 6.50. The number of benzene rings is 6. The number of hydrogen-bond donors (Lipinski definition) is 2. The van der Waals surface area contributed by atoms with Crippen LogP contribution in [-0.2, 0) is 35.6 Å².